The van der Waals surface area contributed by atoms with Gasteiger partial charge in [-0.25, -0.2) is 8.42 Å². The molecule has 1 atom stereocenters. The topological polar surface area (TPSA) is 75.4 Å². The monoisotopic (exact) mass is 231 g/mol. The average molecular weight is 231 g/mol. The Kier molecular flexibility index (Phi) is 2.53. The Bertz CT molecular complexity index is 453. The van der Waals surface area contributed by atoms with E-state index in [4.69, 9.17) is 0 Å². The van der Waals surface area contributed by atoms with Crippen molar-refractivity contribution in [3.05, 3.63) is 12.4 Å². The lowest BCUT2D eigenvalue weighted by Gasteiger charge is -2.13. The maximum absolute atomic E-state index is 12.0. The van der Waals surface area contributed by atoms with Crippen molar-refractivity contribution < 1.29 is 13.5 Å². The zero-order chi connectivity index (χ0) is 11.1. The van der Waals surface area contributed by atoms with Crippen LogP contribution in [0.4, 0.5) is 0 Å². The zero-order valence-electron chi connectivity index (χ0n) is 8.37. The van der Waals surface area contributed by atoms with Gasteiger partial charge in [-0.1, -0.05) is 0 Å². The van der Waals surface area contributed by atoms with Crippen molar-refractivity contribution in [2.24, 2.45) is 7.05 Å². The molecule has 1 N–H and O–H groups in total. The number of aromatic nitrogens is 2. The molecule has 2 heterocycles. The Labute approximate surface area is 88.2 Å². The first-order chi connectivity index (χ1) is 7.00. The van der Waals surface area contributed by atoms with Crippen LogP contribution in [0.15, 0.2) is 17.3 Å². The first kappa shape index (κ1) is 10.6. The molecule has 0 aliphatic carbocycles. The number of sulfonamides is 1. The van der Waals surface area contributed by atoms with Gasteiger partial charge in [0.25, 0.3) is 0 Å². The fraction of sp³-hybridized carbons (Fsp3) is 0.625. The van der Waals surface area contributed by atoms with Crippen LogP contribution in [0.3, 0.4) is 0 Å². The van der Waals surface area contributed by atoms with Gasteiger partial charge in [0.15, 0.2) is 0 Å². The standard InChI is InChI=1S/C8H13N3O3S/c1-10-6-8(4-9-10)15(13,14)11-3-2-7(12)5-11/h4,6-7,12H,2-3,5H2,1H3/t7-/m0/s1. The smallest absolute Gasteiger partial charge is 0.246 e. The van der Waals surface area contributed by atoms with Crippen molar-refractivity contribution >= 4 is 10.0 Å². The third-order valence-corrected chi connectivity index (χ3v) is 4.26. The number of hydrogen-bond donors (Lipinski definition) is 1. The molecular weight excluding hydrogens is 218 g/mol. The summed E-state index contributed by atoms with van der Waals surface area (Å²) in [5.74, 6) is 0. The molecule has 1 aliphatic heterocycles. The molecule has 7 heteroatoms. The van der Waals surface area contributed by atoms with Gasteiger partial charge in [-0.05, 0) is 6.42 Å². The van der Waals surface area contributed by atoms with Gasteiger partial charge in [0.2, 0.25) is 10.0 Å². The fourth-order valence-electron chi connectivity index (χ4n) is 1.61. The maximum atomic E-state index is 12.0. The summed E-state index contributed by atoms with van der Waals surface area (Å²) in [6.45, 7) is 0.551. The van der Waals surface area contributed by atoms with Crippen molar-refractivity contribution in [2.75, 3.05) is 13.1 Å². The van der Waals surface area contributed by atoms with Crippen LogP contribution in [0.2, 0.25) is 0 Å². The highest BCUT2D eigenvalue weighted by molar-refractivity contribution is 7.89. The molecule has 1 aromatic heterocycles. The van der Waals surface area contributed by atoms with Crippen LogP contribution in [0.5, 0.6) is 0 Å². The summed E-state index contributed by atoms with van der Waals surface area (Å²) in [5.41, 5.74) is 0. The van der Waals surface area contributed by atoms with Crippen molar-refractivity contribution in [2.45, 2.75) is 17.4 Å². The van der Waals surface area contributed by atoms with Crippen LogP contribution in [0.1, 0.15) is 6.42 Å². The first-order valence-corrected chi connectivity index (χ1v) is 6.11. The van der Waals surface area contributed by atoms with Gasteiger partial charge in [-0.15, -0.1) is 0 Å². The van der Waals surface area contributed by atoms with E-state index in [9.17, 15) is 13.5 Å². The van der Waals surface area contributed by atoms with E-state index in [0.717, 1.165) is 0 Å². The molecule has 0 amide bonds. The summed E-state index contributed by atoms with van der Waals surface area (Å²) < 4.78 is 26.6. The lowest BCUT2D eigenvalue weighted by Crippen LogP contribution is -2.29. The summed E-state index contributed by atoms with van der Waals surface area (Å²) in [7, 11) is -1.80. The molecule has 2 rings (SSSR count). The predicted molar refractivity (Wildman–Crippen MR) is 52.6 cm³/mol. The van der Waals surface area contributed by atoms with Gasteiger partial charge in [0.05, 0.1) is 12.3 Å². The summed E-state index contributed by atoms with van der Waals surface area (Å²) in [6, 6.07) is 0. The van der Waals surface area contributed by atoms with Gasteiger partial charge < -0.3 is 5.11 Å². The van der Waals surface area contributed by atoms with E-state index < -0.39 is 16.1 Å². The van der Waals surface area contributed by atoms with Gasteiger partial charge in [0.1, 0.15) is 4.90 Å². The third kappa shape index (κ3) is 1.90. The molecule has 1 aromatic rings. The van der Waals surface area contributed by atoms with Crippen molar-refractivity contribution in [3.8, 4) is 0 Å². The highest BCUT2D eigenvalue weighted by Gasteiger charge is 2.32. The van der Waals surface area contributed by atoms with Crippen LogP contribution in [-0.4, -0.2) is 46.8 Å². The van der Waals surface area contributed by atoms with Crippen molar-refractivity contribution in [1.29, 1.82) is 0 Å². The van der Waals surface area contributed by atoms with Crippen molar-refractivity contribution in [3.63, 3.8) is 0 Å². The normalized spacial score (nSPS) is 23.5. The molecule has 1 saturated heterocycles. The van der Waals surface area contributed by atoms with E-state index in [1.165, 1.54) is 21.4 Å². The quantitative estimate of drug-likeness (QED) is 0.721. The number of hydrogen-bond acceptors (Lipinski definition) is 4. The largest absolute Gasteiger partial charge is 0.392 e. The predicted octanol–water partition coefficient (Wildman–Crippen LogP) is -0.825. The number of aryl methyl sites for hydroxylation is 1. The van der Waals surface area contributed by atoms with E-state index in [1.807, 2.05) is 0 Å². The van der Waals surface area contributed by atoms with E-state index in [-0.39, 0.29) is 11.4 Å². The molecule has 1 fully saturated rings. The SMILES string of the molecule is Cn1cc(S(=O)(=O)N2CC[C@H](O)C2)cn1. The van der Waals surface area contributed by atoms with Crippen LogP contribution in [0, 0.1) is 0 Å². The van der Waals surface area contributed by atoms with Crippen molar-refractivity contribution in [1.82, 2.24) is 14.1 Å². The summed E-state index contributed by atoms with van der Waals surface area (Å²) in [6.07, 6.45) is 2.73. The molecule has 1 aliphatic rings. The Hall–Kier alpha value is -0.920. The van der Waals surface area contributed by atoms with E-state index in [2.05, 4.69) is 5.10 Å². The molecule has 0 spiro atoms. The van der Waals surface area contributed by atoms with Crippen LogP contribution < -0.4 is 0 Å². The Morgan fingerprint density at radius 3 is 2.80 bits per heavy atom. The number of nitrogens with zero attached hydrogens (tertiary/aromatic N) is 3. The second-order valence-electron chi connectivity index (χ2n) is 3.66. The third-order valence-electron chi connectivity index (χ3n) is 2.45. The van der Waals surface area contributed by atoms with Crippen LogP contribution >= 0.6 is 0 Å². The Balaban J connectivity index is 2.27. The van der Waals surface area contributed by atoms with Gasteiger partial charge in [-0.2, -0.15) is 9.40 Å². The number of aliphatic hydroxyl groups excluding tert-OH is 1. The molecule has 0 bridgehead atoms. The van der Waals surface area contributed by atoms with Gasteiger partial charge in [-0.3, -0.25) is 4.68 Å². The minimum Gasteiger partial charge on any atom is -0.392 e. The number of rotatable bonds is 2. The maximum Gasteiger partial charge on any atom is 0.246 e. The average Bonchev–Trinajstić information content (AvgIpc) is 2.74. The fourth-order valence-corrected chi connectivity index (χ4v) is 3.09. The lowest BCUT2D eigenvalue weighted by atomic mass is 10.3. The molecule has 0 aromatic carbocycles. The molecular formula is C8H13N3O3S. The highest BCUT2D eigenvalue weighted by atomic mass is 32.2. The summed E-state index contributed by atoms with van der Waals surface area (Å²) >= 11 is 0. The van der Waals surface area contributed by atoms with Gasteiger partial charge >= 0.3 is 0 Å². The van der Waals surface area contributed by atoms with Crippen LogP contribution in [0.25, 0.3) is 0 Å². The molecule has 6 nitrogen and oxygen atoms in total. The van der Waals surface area contributed by atoms with Gasteiger partial charge in [0, 0.05) is 26.3 Å². The minimum absolute atomic E-state index is 0.178. The van der Waals surface area contributed by atoms with Crippen LogP contribution in [-0.2, 0) is 17.1 Å². The summed E-state index contributed by atoms with van der Waals surface area (Å²) in [5, 5.41) is 13.1. The Morgan fingerprint density at radius 1 is 1.60 bits per heavy atom. The molecule has 15 heavy (non-hydrogen) atoms. The molecule has 0 unspecified atom stereocenters. The first-order valence-electron chi connectivity index (χ1n) is 4.67. The lowest BCUT2D eigenvalue weighted by molar-refractivity contribution is 0.189. The Morgan fingerprint density at radius 2 is 2.33 bits per heavy atom. The van der Waals surface area contributed by atoms with E-state index in [0.29, 0.717) is 13.0 Å². The molecule has 0 radical (unpaired) electrons. The second kappa shape index (κ2) is 3.58. The number of aliphatic hydroxyl groups is 1. The van der Waals surface area contributed by atoms with E-state index >= 15 is 0 Å². The second-order valence-corrected chi connectivity index (χ2v) is 5.59. The summed E-state index contributed by atoms with van der Waals surface area (Å²) in [4.78, 5) is 0.180. The molecule has 84 valence electrons. The number of β-amino-alcohol motifs (C(OH)–C–C–N with tert-alkyl or cyclic N) is 1. The highest BCUT2D eigenvalue weighted by Crippen LogP contribution is 2.20. The molecule has 0 saturated carbocycles. The zero-order valence-corrected chi connectivity index (χ0v) is 9.18. The minimum atomic E-state index is -3.46. The van der Waals surface area contributed by atoms with E-state index in [1.54, 1.807) is 7.05 Å².